The molecule has 13 atom stereocenters. The van der Waals surface area contributed by atoms with Crippen molar-refractivity contribution in [3.63, 3.8) is 0 Å². The number of aromatic amines is 1. The number of carboxylic acids is 4. The van der Waals surface area contributed by atoms with Crippen molar-refractivity contribution >= 4 is 153 Å². The summed E-state index contributed by atoms with van der Waals surface area (Å²) >= 11 is 0. The number of ketones is 1. The Bertz CT molecular complexity index is 5540. The molecule has 0 saturated carbocycles. The van der Waals surface area contributed by atoms with Gasteiger partial charge in [0.2, 0.25) is 88.6 Å². The minimum atomic E-state index is -2.62. The van der Waals surface area contributed by atoms with Gasteiger partial charge in [-0.2, -0.15) is 0 Å². The van der Waals surface area contributed by atoms with Gasteiger partial charge >= 0.3 is 124 Å². The number of aromatic hydroxyl groups is 4. The van der Waals surface area contributed by atoms with Crippen LogP contribution in [-0.4, -0.2) is 290 Å². The molecule has 0 spiro atoms. The van der Waals surface area contributed by atoms with Crippen LogP contribution < -0.4 is 230 Å². The molecule has 1 saturated heterocycles. The monoisotopic (exact) mass is 2110 g/mol. The smallest absolute Gasteiger partial charge is 0.550 e. The third kappa shape index (κ3) is 44.0. The number of H-pyrrole nitrogens is 1. The number of rotatable bonds is 45. The van der Waals surface area contributed by atoms with Crippen LogP contribution in [0, 0.1) is 5.92 Å². The van der Waals surface area contributed by atoms with E-state index in [1.165, 1.54) is 36.4 Å². The number of amides is 17. The van der Waals surface area contributed by atoms with E-state index in [1.54, 1.807) is 30.5 Å². The first-order valence-electron chi connectivity index (χ1n) is 45.7. The van der Waals surface area contributed by atoms with E-state index in [1.807, 2.05) is 44.1 Å². The van der Waals surface area contributed by atoms with E-state index in [0.717, 1.165) is 82.0 Å². The quantitative estimate of drug-likeness (QED) is 0.00430. The summed E-state index contributed by atoms with van der Waals surface area (Å²) in [7, 11) is 0. The number of unbranched alkanes of at least 4 members (excludes halogenated alkanes) is 7. The van der Waals surface area contributed by atoms with Crippen molar-refractivity contribution in [1.82, 2.24) is 89.6 Å². The number of fused-ring (bicyclic) bond motifs is 1. The largest absolute Gasteiger partial charge is 1.00 e. The van der Waals surface area contributed by atoms with Crippen molar-refractivity contribution in [3.8, 4) is 23.0 Å². The number of aliphatic hydroxyl groups excluding tert-OH is 1. The van der Waals surface area contributed by atoms with Crippen LogP contribution in [0.15, 0.2) is 91.1 Å². The zero-order valence-electron chi connectivity index (χ0n) is 82.8. The fourth-order valence-electron chi connectivity index (χ4n) is 14.7. The number of carbonyl (C=O) groups excluding carboxylic acids is 23. The van der Waals surface area contributed by atoms with Crippen LogP contribution in [-0.2, 0) is 107 Å². The molecule has 52 nitrogen and oxygen atoms in total. The second-order valence-corrected chi connectivity index (χ2v) is 33.8. The molecule has 4 aromatic carbocycles. The summed E-state index contributed by atoms with van der Waals surface area (Å²) in [4.78, 5) is 323. The molecule has 1 unspecified atom stereocenters. The van der Waals surface area contributed by atoms with Crippen LogP contribution in [0.25, 0.3) is 10.9 Å². The van der Waals surface area contributed by atoms with Gasteiger partial charge in [0.1, 0.15) is 72.6 Å². The molecule has 17 amide bonds. The van der Waals surface area contributed by atoms with E-state index >= 15 is 14.4 Å². The van der Waals surface area contributed by atoms with Gasteiger partial charge in [-0.25, -0.2) is 4.79 Å². The number of nitrogen functional groups attached to an aromatic ring is 1. The van der Waals surface area contributed by atoms with E-state index in [0.29, 0.717) is 29.3 Å². The molecule has 5 aromatic rings. The number of anilines is 1. The molecule has 782 valence electrons. The summed E-state index contributed by atoms with van der Waals surface area (Å²) in [5.41, 5.74) is 11.4. The number of nitrogens with zero attached hydrogens (tertiary/aromatic N) is 1. The standard InChI is InChI=1S/C92H121N19O33.4Na/c1-5-6-7-8-9-10-11-30-68(117)102-57(35-49-41-97-55-26-15-13-21-50(49)55)85(136)105-58(37-67(94)116)86(137)107-61(40-75(127)128)87(138)110-77-48(4)144-92(143)62(36-66(115)51-22-12-14-25-54(51)93)108-90(141)76(46(2)34-72(121)122)109-88(139)63(45-112)103-70(119)42-98-82(133)59(38-73(123)124)104-80(131)47(3)100-84(135)60(39-74(125)126)106-83(134)56(101-69(118)43-99-89(77)140)27-20-32-95-71(120)44-111(91(142)53-24-19-29-65(114)79(53)130)33-17-16-31-96-81(132)52-23-18-28-64(113)78(52)129;;;;/h12-15,18-19,21-26,28-29,41,46-48,56-63,76-77,97,112-114,129-130H,5-11,16-17,20,27,30-40,42-45,93H2,1-4H3,(H2,94,116)(H,95,120)(H,96,132)(H,98,133)(H,99,140)(H,100,135)(H,101,118)(H,102,117)(H,103,119)(H,104,131)(H,105,136)(H,106,134)(H,107,137)(H,108,141)(H,109,139)(H,110,138)(H,121,122)(H,123,124)(H,125,126)(H,127,128);;;;/q;4*+1/p-4/t46?,47-,48-,56+,57+,58-,59+,60+,61+,62+,63-,76+,77+;;;;/m1..../s1. The minimum Gasteiger partial charge on any atom is -0.550 e. The Morgan fingerprint density at radius 2 is 1.03 bits per heavy atom. The first-order chi connectivity index (χ1) is 68.2. The average Bonchev–Trinajstić information content (AvgIpc) is 1.64. The number of aliphatic carboxylic acids is 4. The number of carboxylic acid groups (broad SMARTS) is 4. The fourth-order valence-corrected chi connectivity index (χ4v) is 14.7. The maximum atomic E-state index is 15.1. The molecule has 56 heteroatoms. The van der Waals surface area contributed by atoms with Crippen LogP contribution in [0.3, 0.4) is 0 Å². The molecule has 1 fully saturated rings. The number of primary amides is 1. The molecular formula is C92H117N19Na4O33. The van der Waals surface area contributed by atoms with Gasteiger partial charge in [-0.15, -0.1) is 0 Å². The van der Waals surface area contributed by atoms with Crippen LogP contribution >= 0.6 is 0 Å². The number of cyclic esters (lactones) is 1. The molecule has 0 radical (unpaired) electrons. The van der Waals surface area contributed by atoms with Crippen LogP contribution in [0.2, 0.25) is 0 Å². The zero-order valence-corrected chi connectivity index (χ0v) is 90.8. The van der Waals surface area contributed by atoms with Gasteiger partial charge in [0.25, 0.3) is 11.8 Å². The first-order valence-corrected chi connectivity index (χ1v) is 45.7. The summed E-state index contributed by atoms with van der Waals surface area (Å²) in [5, 5.41) is 134. The van der Waals surface area contributed by atoms with E-state index in [4.69, 9.17) is 16.2 Å². The number of phenolic OH excluding ortho intramolecular Hbond substituents is 4. The first kappa shape index (κ1) is 131. The normalized spacial score (nSPS) is 18.6. The van der Waals surface area contributed by atoms with Gasteiger partial charge < -0.3 is 171 Å². The van der Waals surface area contributed by atoms with Crippen molar-refractivity contribution < 1.29 is 279 Å². The van der Waals surface area contributed by atoms with Crippen molar-refractivity contribution in [1.29, 1.82) is 0 Å². The predicted molar refractivity (Wildman–Crippen MR) is 491 cm³/mol. The molecule has 148 heavy (non-hydrogen) atoms. The Labute approximate surface area is 935 Å². The van der Waals surface area contributed by atoms with Crippen molar-refractivity contribution in [2.24, 2.45) is 11.7 Å². The molecule has 1 aliphatic heterocycles. The van der Waals surface area contributed by atoms with Gasteiger partial charge in [0.05, 0.1) is 43.8 Å². The van der Waals surface area contributed by atoms with Crippen molar-refractivity contribution in [3.05, 3.63) is 113 Å². The topological polar surface area (TPSA) is 847 Å². The van der Waals surface area contributed by atoms with Crippen molar-refractivity contribution in [2.75, 3.05) is 51.6 Å². The maximum absolute atomic E-state index is 15.1. The van der Waals surface area contributed by atoms with Crippen LogP contribution in [0.4, 0.5) is 5.69 Å². The zero-order chi connectivity index (χ0) is 107. The maximum Gasteiger partial charge on any atom is 1.00 e. The number of hydrogen-bond donors (Lipinski definition) is 23. The molecule has 1 aromatic heterocycles. The molecular weight excluding hydrogens is 1990 g/mol. The molecule has 6 rings (SSSR count). The SMILES string of the molecule is CCCCCCCCCC(=O)N[C@@H](Cc1c[nH]c2ccccc12)C(=O)N[C@H](CC(N)=O)C(=O)N[C@@H](CC(=O)[O-])C(=O)N[C@@H]1C(=O)NCC(=O)N[C@@H](CCCNC(=O)CN(CCCCNC(=O)c2cccc(O)c2O)C(=O)c2cccc(O)c2O)C(=O)N[C@@H](CC(=O)[O-])C(=O)N[C@H](C)C(=O)N[C@@H](CC(=O)[O-])C(=O)NCC(=O)N[C@H](CO)C(=O)N[C@@H](C(C)CC(=O)[O-])C(=O)N[C@@H](CC(=O)c2ccccc2N)C(=O)O[C@@H]1C.[Na+].[Na+].[Na+].[Na+]. The fraction of sp³-hybridized carbons (Fsp3) is 0.467. The number of para-hydroxylation sites is 4. The van der Waals surface area contributed by atoms with Gasteiger partial charge in [0.15, 0.2) is 28.8 Å². The number of carbonyl (C=O) groups is 23. The van der Waals surface area contributed by atoms with Gasteiger partial charge in [-0.3, -0.25) is 86.3 Å². The predicted octanol–water partition coefficient (Wildman–Crippen LogP) is -21.6. The van der Waals surface area contributed by atoms with Gasteiger partial charge in [-0.1, -0.05) is 94.8 Å². The number of phenols is 4. The van der Waals surface area contributed by atoms with E-state index < -0.39 is 327 Å². The number of aromatic nitrogens is 1. The van der Waals surface area contributed by atoms with E-state index in [9.17, 15) is 142 Å². The number of nitrogens with one attached hydrogen (secondary N) is 16. The number of nitrogens with two attached hydrogens (primary N) is 2. The molecule has 0 aliphatic carbocycles. The number of esters is 1. The van der Waals surface area contributed by atoms with Crippen LogP contribution in [0.5, 0.6) is 23.0 Å². The van der Waals surface area contributed by atoms with Gasteiger partial charge in [0, 0.05) is 110 Å². The van der Waals surface area contributed by atoms with Gasteiger partial charge in [-0.05, 0) is 106 Å². The Kier molecular flexibility index (Phi) is 59.2. The van der Waals surface area contributed by atoms with Crippen LogP contribution in [0.1, 0.15) is 180 Å². The Morgan fingerprint density at radius 1 is 0.500 bits per heavy atom. The number of ether oxygens (including phenoxy) is 1. The number of Topliss-reactive ketones (excluding diaryl/α,β-unsaturated/α-hetero) is 1. The Balaban J connectivity index is 0.0000185. The summed E-state index contributed by atoms with van der Waals surface area (Å²) in [6.45, 7) is -1.19. The summed E-state index contributed by atoms with van der Waals surface area (Å²) in [5.74, 6) is -38.8. The Hall–Kier alpha value is -12.6. The third-order valence-corrected chi connectivity index (χ3v) is 22.4. The molecule has 2 heterocycles. The average molecular weight is 2110 g/mol. The summed E-state index contributed by atoms with van der Waals surface area (Å²) in [6, 6.07) is -5.69. The second-order valence-electron chi connectivity index (χ2n) is 33.8. The molecule has 0 bridgehead atoms. The van der Waals surface area contributed by atoms with Crippen molar-refractivity contribution in [2.45, 2.75) is 222 Å². The van der Waals surface area contributed by atoms with E-state index in [-0.39, 0.29) is 174 Å². The third-order valence-electron chi connectivity index (χ3n) is 22.4. The van der Waals surface area contributed by atoms with E-state index in [2.05, 4.69) is 47.5 Å². The molecule has 25 N–H and O–H groups in total. The summed E-state index contributed by atoms with van der Waals surface area (Å²) < 4.78 is 5.71. The number of hydrogen-bond acceptors (Lipinski definition) is 34. The minimum absolute atomic E-state index is 0. The Morgan fingerprint density at radius 3 is 1.64 bits per heavy atom. The summed E-state index contributed by atoms with van der Waals surface area (Å²) in [6.07, 6.45) is -4.57. The number of benzene rings is 4. The molecule has 1 aliphatic rings. The number of aliphatic hydroxyl groups is 1. The second kappa shape index (κ2) is 66.7.